The second-order valence-electron chi connectivity index (χ2n) is 9.38. The Morgan fingerprint density at radius 2 is 1.36 bits per heavy atom. The maximum atomic E-state index is 13.8. The van der Waals surface area contributed by atoms with Gasteiger partial charge in [0.05, 0.1) is 12.7 Å². The van der Waals surface area contributed by atoms with Crippen molar-refractivity contribution < 1.29 is 28.2 Å². The van der Waals surface area contributed by atoms with Crippen LogP contribution in [0.25, 0.3) is 0 Å². The van der Waals surface area contributed by atoms with E-state index < -0.39 is 19.7 Å². The van der Waals surface area contributed by atoms with Crippen LogP contribution in [0.15, 0.2) is 48.5 Å². The topological polar surface area (TPSA) is 97.0 Å². The molecule has 2 aromatic carbocycles. The lowest BCUT2D eigenvalue weighted by Gasteiger charge is -2.25. The summed E-state index contributed by atoms with van der Waals surface area (Å²) in [5.74, 6) is 0.270. The maximum absolute atomic E-state index is 13.8. The van der Waals surface area contributed by atoms with Crippen LogP contribution in [0, 0.1) is 0 Å². The fraction of sp³-hybridized carbons (Fsp3) is 0.391. The first kappa shape index (κ1) is 23.3. The highest BCUT2D eigenvalue weighted by Gasteiger charge is 2.66. The van der Waals surface area contributed by atoms with Crippen molar-refractivity contribution in [2.24, 2.45) is 0 Å². The van der Waals surface area contributed by atoms with Gasteiger partial charge in [0.1, 0.15) is 11.5 Å². The van der Waals surface area contributed by atoms with E-state index in [0.717, 1.165) is 0 Å². The average Bonchev–Trinajstić information content (AvgIpc) is 3.62. The van der Waals surface area contributed by atoms with Crippen molar-refractivity contribution in [2.75, 3.05) is 25.5 Å². The molecule has 2 saturated heterocycles. The molecule has 2 atom stereocenters. The molecule has 10 heteroatoms. The second-order valence-corrected chi connectivity index (χ2v) is 11.5. The minimum atomic E-state index is -3.19. The molecule has 2 aliphatic rings. The Bertz CT molecular complexity index is 1090. The quantitative estimate of drug-likeness (QED) is 0.349. The van der Waals surface area contributed by atoms with E-state index in [9.17, 15) is 14.2 Å². The molecule has 176 valence electrons. The zero-order valence-electron chi connectivity index (χ0n) is 19.3. The first-order valence-electron chi connectivity index (χ1n) is 10.6. The lowest BCUT2D eigenvalue weighted by Crippen LogP contribution is -2.19. The van der Waals surface area contributed by atoms with Gasteiger partial charge in [-0.1, -0.05) is 0 Å². The van der Waals surface area contributed by atoms with Crippen LogP contribution in [0.1, 0.15) is 38.1 Å². The zero-order chi connectivity index (χ0) is 24.0. The van der Waals surface area contributed by atoms with E-state index >= 15 is 0 Å². The fourth-order valence-corrected chi connectivity index (χ4v) is 6.79. The number of amides is 1. The number of hydrogen-bond acceptors (Lipinski definition) is 6. The molecule has 1 amide bonds. The van der Waals surface area contributed by atoms with Gasteiger partial charge in [-0.15, -0.1) is 0 Å². The van der Waals surface area contributed by atoms with Gasteiger partial charge < -0.3 is 14.0 Å². The summed E-state index contributed by atoms with van der Waals surface area (Å²) in [4.78, 5) is 23.7. The number of esters is 1. The van der Waals surface area contributed by atoms with E-state index in [1.165, 1.54) is 31.4 Å². The molecule has 2 fully saturated rings. The number of rotatable bonds is 7. The molecular weight excluding hydrogens is 445 g/mol. The van der Waals surface area contributed by atoms with Gasteiger partial charge in [-0.25, -0.2) is 23.5 Å². The first-order chi connectivity index (χ1) is 15.4. The van der Waals surface area contributed by atoms with Gasteiger partial charge in [-0.3, -0.25) is 5.32 Å². The highest BCUT2D eigenvalue weighted by Crippen LogP contribution is 2.69. The summed E-state index contributed by atoms with van der Waals surface area (Å²) in [6.45, 7) is 9.59. The molecule has 2 aromatic rings. The van der Waals surface area contributed by atoms with Gasteiger partial charge in [-0.05, 0) is 76.2 Å². The van der Waals surface area contributed by atoms with Crippen molar-refractivity contribution in [3.63, 3.8) is 0 Å². The number of ether oxygens (including phenoxy) is 2. The number of methoxy groups -OCH3 is 1. The van der Waals surface area contributed by atoms with Gasteiger partial charge in [-0.2, -0.15) is 0 Å². The van der Waals surface area contributed by atoms with Gasteiger partial charge in [0, 0.05) is 29.9 Å². The molecule has 2 unspecified atom stereocenters. The van der Waals surface area contributed by atoms with E-state index in [-0.39, 0.29) is 16.8 Å². The summed E-state index contributed by atoms with van der Waals surface area (Å²) in [7, 11) is -1.89. The lowest BCUT2D eigenvalue weighted by atomic mass is 10.2. The molecule has 0 bridgehead atoms. The van der Waals surface area contributed by atoms with Gasteiger partial charge >= 0.3 is 19.7 Å². The summed E-state index contributed by atoms with van der Waals surface area (Å²) < 4.78 is 33.5. The fourth-order valence-electron chi connectivity index (χ4n) is 3.52. The van der Waals surface area contributed by atoms with E-state index in [1.54, 1.807) is 24.3 Å². The summed E-state index contributed by atoms with van der Waals surface area (Å²) in [5.41, 5.74) is 0.533. The van der Waals surface area contributed by atoms with Crippen molar-refractivity contribution in [3.05, 3.63) is 54.1 Å². The van der Waals surface area contributed by atoms with Crippen LogP contribution in [0.4, 0.5) is 10.5 Å². The third kappa shape index (κ3) is 4.90. The smallest absolute Gasteiger partial charge is 0.417 e. The molecule has 4 rings (SSSR count). The molecule has 33 heavy (non-hydrogen) atoms. The number of nitrogens with one attached hydrogen (secondary N) is 1. The van der Waals surface area contributed by atoms with Crippen molar-refractivity contribution in [3.8, 4) is 11.5 Å². The molecule has 0 aliphatic carbocycles. The monoisotopic (exact) mass is 473 g/mol. The predicted octanol–water partition coefficient (Wildman–Crippen LogP) is 4.76. The van der Waals surface area contributed by atoms with E-state index in [1.807, 2.05) is 37.0 Å². The Labute approximate surface area is 193 Å². The Morgan fingerprint density at radius 1 is 0.879 bits per heavy atom. The molecule has 0 saturated carbocycles. The summed E-state index contributed by atoms with van der Waals surface area (Å²) >= 11 is 0. The van der Waals surface area contributed by atoms with Crippen LogP contribution in [0.3, 0.4) is 0 Å². The maximum Gasteiger partial charge on any atom is 0.417 e. The van der Waals surface area contributed by atoms with Crippen LogP contribution < -0.4 is 14.6 Å². The molecule has 0 spiro atoms. The second kappa shape index (κ2) is 8.17. The van der Waals surface area contributed by atoms with Crippen molar-refractivity contribution >= 4 is 25.4 Å². The van der Waals surface area contributed by atoms with Gasteiger partial charge in [0.15, 0.2) is 0 Å². The van der Waals surface area contributed by atoms with Crippen LogP contribution >= 0.6 is 7.67 Å². The van der Waals surface area contributed by atoms with E-state index in [4.69, 9.17) is 9.26 Å². The predicted molar refractivity (Wildman–Crippen MR) is 124 cm³/mol. The number of carbonyl (C=O) groups is 2. The molecule has 2 heterocycles. The third-order valence-corrected chi connectivity index (χ3v) is 8.72. The number of nitrogens with zero attached hydrogens (tertiary/aromatic N) is 2. The zero-order valence-corrected chi connectivity index (χ0v) is 20.2. The highest BCUT2D eigenvalue weighted by molar-refractivity contribution is 7.55. The standard InChI is InChI=1S/C23H28N3O6P/c1-22(2)14-25(22)33(29,26-15-23(26,3)4)32-19-12-8-17(9-13-19)24-21(28)31-18-10-6-16(7-11-18)20(27)30-5/h6-13H,14-15H2,1-5H3,(H,24,28). The summed E-state index contributed by atoms with van der Waals surface area (Å²) in [6.07, 6.45) is -0.683. The molecule has 9 nitrogen and oxygen atoms in total. The number of anilines is 1. The van der Waals surface area contributed by atoms with Crippen LogP contribution in [-0.2, 0) is 9.30 Å². The van der Waals surface area contributed by atoms with Crippen molar-refractivity contribution in [1.29, 1.82) is 0 Å². The Morgan fingerprint density at radius 3 is 1.82 bits per heavy atom. The molecule has 2 aliphatic heterocycles. The average molecular weight is 473 g/mol. The highest BCUT2D eigenvalue weighted by atomic mass is 31.2. The summed E-state index contributed by atoms with van der Waals surface area (Å²) in [6, 6.07) is 12.7. The normalized spacial score (nSPS) is 23.5. The minimum Gasteiger partial charge on any atom is -0.465 e. The van der Waals surface area contributed by atoms with Crippen LogP contribution in [0.5, 0.6) is 11.5 Å². The van der Waals surface area contributed by atoms with Crippen LogP contribution in [0.2, 0.25) is 0 Å². The number of benzene rings is 2. The number of carbonyl (C=O) groups excluding carboxylic acids is 2. The Hall–Kier alpha value is -2.87. The Kier molecular flexibility index (Phi) is 5.76. The van der Waals surface area contributed by atoms with Gasteiger partial charge in [0.2, 0.25) is 0 Å². The molecule has 0 aromatic heterocycles. The Balaban J connectivity index is 1.37. The summed E-state index contributed by atoms with van der Waals surface area (Å²) in [5, 5.41) is 2.63. The molecule has 1 N–H and O–H groups in total. The SMILES string of the molecule is COC(=O)c1ccc(OC(=O)Nc2ccc(OP(=O)(N3CC3(C)C)N3CC3(C)C)cc2)cc1. The lowest BCUT2D eigenvalue weighted by molar-refractivity contribution is 0.0600. The van der Waals surface area contributed by atoms with Gasteiger partial charge in [0.25, 0.3) is 0 Å². The minimum absolute atomic E-state index is 0.158. The first-order valence-corrected chi connectivity index (χ1v) is 12.1. The van der Waals surface area contributed by atoms with Crippen molar-refractivity contribution in [1.82, 2.24) is 9.34 Å². The largest absolute Gasteiger partial charge is 0.465 e. The molecular formula is C23H28N3O6P. The third-order valence-electron chi connectivity index (χ3n) is 5.69. The number of hydrogen-bond donors (Lipinski definition) is 1. The molecule has 0 radical (unpaired) electrons. The van der Waals surface area contributed by atoms with Crippen molar-refractivity contribution in [2.45, 2.75) is 38.8 Å². The van der Waals surface area contributed by atoms with Crippen LogP contribution in [-0.4, -0.2) is 52.7 Å². The van der Waals surface area contributed by atoms with E-state index in [0.29, 0.717) is 30.1 Å². The van der Waals surface area contributed by atoms with E-state index in [2.05, 4.69) is 10.1 Å².